The van der Waals surface area contributed by atoms with Crippen LogP contribution < -0.4 is 10.5 Å². The van der Waals surface area contributed by atoms with Gasteiger partial charge in [0.05, 0.1) is 0 Å². The quantitative estimate of drug-likeness (QED) is 0.836. The Morgan fingerprint density at radius 3 is 2.81 bits per heavy atom. The van der Waals surface area contributed by atoms with E-state index in [1.54, 1.807) is 0 Å². The number of rotatable bonds is 4. The van der Waals surface area contributed by atoms with Gasteiger partial charge in [-0.1, -0.05) is 0 Å². The minimum atomic E-state index is 0.487. The zero-order chi connectivity index (χ0) is 11.4. The van der Waals surface area contributed by atoms with Gasteiger partial charge >= 0.3 is 0 Å². The molecule has 2 N–H and O–H groups in total. The summed E-state index contributed by atoms with van der Waals surface area (Å²) in [5.41, 5.74) is 6.69. The monoisotopic (exact) mass is 221 g/mol. The van der Waals surface area contributed by atoms with E-state index in [9.17, 15) is 0 Å². The average Bonchev–Trinajstić information content (AvgIpc) is 2.74. The van der Waals surface area contributed by atoms with Crippen LogP contribution in [0.5, 0.6) is 5.75 Å². The Morgan fingerprint density at radius 1 is 1.38 bits per heavy atom. The number of hydrogen-bond acceptors (Lipinski definition) is 4. The summed E-state index contributed by atoms with van der Waals surface area (Å²) >= 11 is 0. The first-order valence-corrected chi connectivity index (χ1v) is 5.84. The highest BCUT2D eigenvalue weighted by Crippen LogP contribution is 2.18. The Kier molecular flexibility index (Phi) is 3.62. The van der Waals surface area contributed by atoms with E-state index in [1.807, 2.05) is 19.1 Å². The van der Waals surface area contributed by atoms with E-state index in [0.717, 1.165) is 12.2 Å². The lowest BCUT2D eigenvalue weighted by molar-refractivity contribution is 0.238. The Bertz CT molecular complexity index is 348. The number of aryl methyl sites for hydroxylation is 1. The second-order valence-corrected chi connectivity index (χ2v) is 4.23. The summed E-state index contributed by atoms with van der Waals surface area (Å²) in [6, 6.07) is 3.81. The fraction of sp³-hybridized carbons (Fsp3) is 0.583. The summed E-state index contributed by atoms with van der Waals surface area (Å²) in [4.78, 5) is 6.58. The van der Waals surface area contributed by atoms with Crippen LogP contribution in [-0.2, 0) is 0 Å². The van der Waals surface area contributed by atoms with E-state index in [4.69, 9.17) is 10.5 Å². The summed E-state index contributed by atoms with van der Waals surface area (Å²) in [5, 5.41) is 0. The van der Waals surface area contributed by atoms with Crippen molar-refractivity contribution in [2.75, 3.05) is 32.0 Å². The van der Waals surface area contributed by atoms with Crippen LogP contribution in [-0.4, -0.2) is 36.1 Å². The van der Waals surface area contributed by atoms with Crippen molar-refractivity contribution in [2.45, 2.75) is 19.8 Å². The Balaban J connectivity index is 1.80. The molecule has 88 valence electrons. The van der Waals surface area contributed by atoms with Crippen molar-refractivity contribution >= 4 is 5.82 Å². The lowest BCUT2D eigenvalue weighted by Crippen LogP contribution is -2.25. The molecule has 0 bridgehead atoms. The number of pyridine rings is 1. The van der Waals surface area contributed by atoms with Gasteiger partial charge in [-0.15, -0.1) is 0 Å². The minimum absolute atomic E-state index is 0.487. The highest BCUT2D eigenvalue weighted by atomic mass is 16.5. The number of nitrogens with zero attached hydrogens (tertiary/aromatic N) is 2. The van der Waals surface area contributed by atoms with E-state index in [1.165, 1.54) is 25.9 Å². The topological polar surface area (TPSA) is 51.4 Å². The van der Waals surface area contributed by atoms with Gasteiger partial charge in [0, 0.05) is 12.2 Å². The second-order valence-electron chi connectivity index (χ2n) is 4.23. The van der Waals surface area contributed by atoms with E-state index in [-0.39, 0.29) is 0 Å². The molecule has 0 atom stereocenters. The predicted molar refractivity (Wildman–Crippen MR) is 64.6 cm³/mol. The van der Waals surface area contributed by atoms with Gasteiger partial charge in [0.2, 0.25) is 0 Å². The fourth-order valence-electron chi connectivity index (χ4n) is 1.98. The summed E-state index contributed by atoms with van der Waals surface area (Å²) in [7, 11) is 0. The van der Waals surface area contributed by atoms with Gasteiger partial charge in [0.15, 0.2) is 11.6 Å². The van der Waals surface area contributed by atoms with Gasteiger partial charge < -0.3 is 10.5 Å². The molecule has 2 heterocycles. The van der Waals surface area contributed by atoms with Crippen LogP contribution in [0.1, 0.15) is 18.5 Å². The maximum absolute atomic E-state index is 5.77. The van der Waals surface area contributed by atoms with Gasteiger partial charge in [0.25, 0.3) is 0 Å². The van der Waals surface area contributed by atoms with Crippen molar-refractivity contribution in [1.29, 1.82) is 0 Å². The molecule has 0 radical (unpaired) electrons. The van der Waals surface area contributed by atoms with E-state index in [2.05, 4.69) is 9.88 Å². The van der Waals surface area contributed by atoms with Gasteiger partial charge in [0.1, 0.15) is 6.61 Å². The van der Waals surface area contributed by atoms with Crippen molar-refractivity contribution in [3.05, 3.63) is 17.8 Å². The number of likely N-dealkylation sites (tertiary alicyclic amines) is 1. The number of anilines is 1. The lowest BCUT2D eigenvalue weighted by atomic mass is 10.3. The number of ether oxygens (including phenoxy) is 1. The van der Waals surface area contributed by atoms with E-state index >= 15 is 0 Å². The fourth-order valence-corrected chi connectivity index (χ4v) is 1.98. The molecule has 0 spiro atoms. The molecular formula is C12H19N3O. The molecule has 1 aromatic heterocycles. The molecular weight excluding hydrogens is 202 g/mol. The molecule has 0 aromatic carbocycles. The van der Waals surface area contributed by atoms with Crippen LogP contribution in [0.4, 0.5) is 5.82 Å². The van der Waals surface area contributed by atoms with Crippen LogP contribution in [0.2, 0.25) is 0 Å². The van der Waals surface area contributed by atoms with Crippen molar-refractivity contribution < 1.29 is 4.74 Å². The zero-order valence-electron chi connectivity index (χ0n) is 9.78. The van der Waals surface area contributed by atoms with Gasteiger partial charge in [-0.25, -0.2) is 4.98 Å². The molecule has 1 saturated heterocycles. The third kappa shape index (κ3) is 2.85. The first-order valence-electron chi connectivity index (χ1n) is 5.84. The highest BCUT2D eigenvalue weighted by Gasteiger charge is 2.11. The smallest absolute Gasteiger partial charge is 0.166 e. The Hall–Kier alpha value is -1.29. The second kappa shape index (κ2) is 5.16. The Morgan fingerprint density at radius 2 is 2.12 bits per heavy atom. The normalized spacial score (nSPS) is 16.6. The van der Waals surface area contributed by atoms with Gasteiger partial charge in [-0.3, -0.25) is 4.90 Å². The molecule has 0 unspecified atom stereocenters. The maximum atomic E-state index is 5.77. The molecule has 2 rings (SSSR count). The highest BCUT2D eigenvalue weighted by molar-refractivity contribution is 5.46. The standard InChI is InChI=1S/C12H19N3O/c1-10-4-5-11(12(13)14-10)16-9-8-15-6-2-3-7-15/h4-5H,2-3,6-9H2,1H3,(H2,13,14). The SMILES string of the molecule is Cc1ccc(OCCN2CCCC2)c(N)n1. The molecule has 4 heteroatoms. The first-order chi connectivity index (χ1) is 7.75. The van der Waals surface area contributed by atoms with Crippen molar-refractivity contribution in [3.63, 3.8) is 0 Å². The molecule has 0 amide bonds. The molecule has 1 fully saturated rings. The van der Waals surface area contributed by atoms with Crippen molar-refractivity contribution in [2.24, 2.45) is 0 Å². The zero-order valence-corrected chi connectivity index (χ0v) is 9.78. The third-order valence-electron chi connectivity index (χ3n) is 2.89. The Labute approximate surface area is 96.4 Å². The van der Waals surface area contributed by atoms with Gasteiger partial charge in [-0.05, 0) is 45.0 Å². The van der Waals surface area contributed by atoms with Crippen LogP contribution in [0.15, 0.2) is 12.1 Å². The van der Waals surface area contributed by atoms with Crippen LogP contribution >= 0.6 is 0 Å². The number of aromatic nitrogens is 1. The van der Waals surface area contributed by atoms with Crippen molar-refractivity contribution in [3.8, 4) is 5.75 Å². The summed E-state index contributed by atoms with van der Waals surface area (Å²) in [6.07, 6.45) is 2.63. The number of nitrogen functional groups attached to an aromatic ring is 1. The van der Waals surface area contributed by atoms with E-state index in [0.29, 0.717) is 18.2 Å². The van der Waals surface area contributed by atoms with Crippen molar-refractivity contribution in [1.82, 2.24) is 9.88 Å². The number of hydrogen-bond donors (Lipinski definition) is 1. The van der Waals surface area contributed by atoms with Gasteiger partial charge in [-0.2, -0.15) is 0 Å². The molecule has 1 aromatic rings. The third-order valence-corrected chi connectivity index (χ3v) is 2.89. The maximum Gasteiger partial charge on any atom is 0.166 e. The lowest BCUT2D eigenvalue weighted by Gasteiger charge is -2.15. The first kappa shape index (κ1) is 11.2. The number of nitrogens with two attached hydrogens (primary N) is 1. The van der Waals surface area contributed by atoms with Crippen LogP contribution in [0.25, 0.3) is 0 Å². The summed E-state index contributed by atoms with van der Waals surface area (Å²) in [6.45, 7) is 5.99. The van der Waals surface area contributed by atoms with Crippen LogP contribution in [0, 0.1) is 6.92 Å². The predicted octanol–water partition coefficient (Wildman–Crippen LogP) is 1.45. The van der Waals surface area contributed by atoms with Crippen LogP contribution in [0.3, 0.4) is 0 Å². The average molecular weight is 221 g/mol. The largest absolute Gasteiger partial charge is 0.488 e. The minimum Gasteiger partial charge on any atom is -0.488 e. The van der Waals surface area contributed by atoms with E-state index < -0.39 is 0 Å². The molecule has 0 aliphatic carbocycles. The molecule has 0 saturated carbocycles. The molecule has 4 nitrogen and oxygen atoms in total. The summed E-state index contributed by atoms with van der Waals surface area (Å²) in [5.74, 6) is 1.19. The molecule has 1 aliphatic heterocycles. The molecule has 16 heavy (non-hydrogen) atoms. The molecule has 1 aliphatic rings. The summed E-state index contributed by atoms with van der Waals surface area (Å²) < 4.78 is 5.62.